The van der Waals surface area contributed by atoms with Crippen molar-refractivity contribution in [2.24, 2.45) is 7.05 Å². The highest BCUT2D eigenvalue weighted by Gasteiger charge is 2.16. The molecule has 0 saturated heterocycles. The lowest BCUT2D eigenvalue weighted by molar-refractivity contribution is -0.114. The number of carbonyl (C=O) groups excluding carboxylic acids is 2. The zero-order valence-electron chi connectivity index (χ0n) is 9.70. The lowest BCUT2D eigenvalue weighted by atomic mass is 10.3. The van der Waals surface area contributed by atoms with Crippen molar-refractivity contribution in [2.75, 3.05) is 11.9 Å². The van der Waals surface area contributed by atoms with E-state index in [0.717, 1.165) is 6.42 Å². The Labute approximate surface area is 94.0 Å². The zero-order chi connectivity index (χ0) is 12.1. The molecule has 6 nitrogen and oxygen atoms in total. The highest BCUT2D eigenvalue weighted by molar-refractivity contribution is 6.01. The second-order valence-electron chi connectivity index (χ2n) is 3.47. The highest BCUT2D eigenvalue weighted by atomic mass is 16.2. The maximum absolute atomic E-state index is 11.8. The molecule has 0 saturated carbocycles. The summed E-state index contributed by atoms with van der Waals surface area (Å²) in [7, 11) is 1.66. The van der Waals surface area contributed by atoms with E-state index in [9.17, 15) is 9.59 Å². The van der Waals surface area contributed by atoms with E-state index in [4.69, 9.17) is 0 Å². The van der Waals surface area contributed by atoms with Gasteiger partial charge in [0.1, 0.15) is 5.69 Å². The van der Waals surface area contributed by atoms with Crippen molar-refractivity contribution in [1.29, 1.82) is 0 Å². The Bertz CT molecular complexity index is 398. The van der Waals surface area contributed by atoms with Crippen LogP contribution in [-0.2, 0) is 11.8 Å². The Morgan fingerprint density at radius 1 is 1.50 bits per heavy atom. The van der Waals surface area contributed by atoms with Gasteiger partial charge in [-0.2, -0.15) is 5.10 Å². The van der Waals surface area contributed by atoms with E-state index in [1.54, 1.807) is 7.05 Å². The third kappa shape index (κ3) is 2.82. The average Bonchev–Trinajstić information content (AvgIpc) is 2.55. The predicted molar refractivity (Wildman–Crippen MR) is 60.1 cm³/mol. The molecule has 0 aliphatic carbocycles. The molecule has 16 heavy (non-hydrogen) atoms. The van der Waals surface area contributed by atoms with E-state index in [1.807, 2.05) is 6.92 Å². The number of aryl methyl sites for hydroxylation is 1. The van der Waals surface area contributed by atoms with Crippen LogP contribution < -0.4 is 10.6 Å². The lowest BCUT2D eigenvalue weighted by Gasteiger charge is -2.06. The quantitative estimate of drug-likeness (QED) is 0.782. The number of aromatic nitrogens is 2. The first-order chi connectivity index (χ1) is 7.56. The molecule has 0 aromatic carbocycles. The Kier molecular flexibility index (Phi) is 4.04. The monoisotopic (exact) mass is 224 g/mol. The number of hydrogen-bond donors (Lipinski definition) is 2. The van der Waals surface area contributed by atoms with Crippen LogP contribution in [0.3, 0.4) is 0 Å². The van der Waals surface area contributed by atoms with Crippen LogP contribution in [0.4, 0.5) is 5.69 Å². The van der Waals surface area contributed by atoms with Gasteiger partial charge in [0.2, 0.25) is 5.91 Å². The van der Waals surface area contributed by atoms with Crippen molar-refractivity contribution in [3.63, 3.8) is 0 Å². The van der Waals surface area contributed by atoms with Gasteiger partial charge in [-0.15, -0.1) is 0 Å². The number of amides is 2. The van der Waals surface area contributed by atoms with Gasteiger partial charge in [-0.1, -0.05) is 6.92 Å². The van der Waals surface area contributed by atoms with Crippen molar-refractivity contribution in [1.82, 2.24) is 15.1 Å². The van der Waals surface area contributed by atoms with Gasteiger partial charge in [0.05, 0.1) is 11.9 Å². The molecule has 0 fully saturated rings. The molecule has 6 heteroatoms. The molecular weight excluding hydrogens is 208 g/mol. The van der Waals surface area contributed by atoms with E-state index in [0.29, 0.717) is 17.9 Å². The third-order valence-electron chi connectivity index (χ3n) is 2.00. The van der Waals surface area contributed by atoms with Crippen molar-refractivity contribution in [2.45, 2.75) is 20.3 Å². The van der Waals surface area contributed by atoms with Crippen molar-refractivity contribution >= 4 is 17.5 Å². The number of hydrogen-bond acceptors (Lipinski definition) is 3. The van der Waals surface area contributed by atoms with Crippen molar-refractivity contribution < 1.29 is 9.59 Å². The molecular formula is C10H16N4O2. The fourth-order valence-electron chi connectivity index (χ4n) is 1.31. The fourth-order valence-corrected chi connectivity index (χ4v) is 1.31. The van der Waals surface area contributed by atoms with Gasteiger partial charge in [0.25, 0.3) is 5.91 Å². The molecule has 88 valence electrons. The SMILES string of the molecule is CCCNC(=O)c1c(NC(C)=O)cnn1C. The van der Waals surface area contributed by atoms with Crippen LogP contribution in [-0.4, -0.2) is 28.1 Å². The van der Waals surface area contributed by atoms with Gasteiger partial charge in [0.15, 0.2) is 0 Å². The molecule has 2 N–H and O–H groups in total. The van der Waals surface area contributed by atoms with Crippen LogP contribution >= 0.6 is 0 Å². The minimum Gasteiger partial charge on any atom is -0.351 e. The smallest absolute Gasteiger partial charge is 0.271 e. The number of nitrogens with zero attached hydrogens (tertiary/aromatic N) is 2. The van der Waals surface area contributed by atoms with Crippen LogP contribution in [0.1, 0.15) is 30.8 Å². The minimum atomic E-state index is -0.231. The molecule has 0 unspecified atom stereocenters. The molecule has 2 amide bonds. The van der Waals surface area contributed by atoms with Gasteiger partial charge in [-0.05, 0) is 6.42 Å². The molecule has 0 atom stereocenters. The summed E-state index contributed by atoms with van der Waals surface area (Å²) in [5, 5.41) is 9.25. The molecule has 1 aromatic rings. The first-order valence-electron chi connectivity index (χ1n) is 5.14. The molecule has 0 radical (unpaired) electrons. The van der Waals surface area contributed by atoms with Crippen molar-refractivity contribution in [3.05, 3.63) is 11.9 Å². The Morgan fingerprint density at radius 2 is 2.19 bits per heavy atom. The third-order valence-corrected chi connectivity index (χ3v) is 2.00. The molecule has 0 aliphatic rings. The van der Waals surface area contributed by atoms with Gasteiger partial charge in [-0.3, -0.25) is 14.3 Å². The molecule has 1 rings (SSSR count). The summed E-state index contributed by atoms with van der Waals surface area (Å²) < 4.78 is 1.44. The number of rotatable bonds is 4. The molecule has 1 heterocycles. The van der Waals surface area contributed by atoms with Crippen LogP contribution in [0.2, 0.25) is 0 Å². The van der Waals surface area contributed by atoms with E-state index < -0.39 is 0 Å². The normalized spacial score (nSPS) is 9.94. The Balaban J connectivity index is 2.88. The predicted octanol–water partition coefficient (Wildman–Crippen LogP) is 0.518. The second-order valence-corrected chi connectivity index (χ2v) is 3.47. The Hall–Kier alpha value is -1.85. The van der Waals surface area contributed by atoms with Gasteiger partial charge < -0.3 is 10.6 Å². The van der Waals surface area contributed by atoms with E-state index >= 15 is 0 Å². The van der Waals surface area contributed by atoms with Crippen LogP contribution in [0.15, 0.2) is 6.20 Å². The summed E-state index contributed by atoms with van der Waals surface area (Å²) in [5.41, 5.74) is 0.798. The highest BCUT2D eigenvalue weighted by Crippen LogP contribution is 2.13. The van der Waals surface area contributed by atoms with Gasteiger partial charge >= 0.3 is 0 Å². The first-order valence-corrected chi connectivity index (χ1v) is 5.14. The van der Waals surface area contributed by atoms with E-state index in [2.05, 4.69) is 15.7 Å². The largest absolute Gasteiger partial charge is 0.351 e. The van der Waals surface area contributed by atoms with Crippen molar-refractivity contribution in [3.8, 4) is 0 Å². The molecule has 0 bridgehead atoms. The van der Waals surface area contributed by atoms with Gasteiger partial charge in [-0.25, -0.2) is 0 Å². The molecule has 1 aromatic heterocycles. The number of carbonyl (C=O) groups is 2. The fraction of sp³-hybridized carbons (Fsp3) is 0.500. The summed E-state index contributed by atoms with van der Waals surface area (Å²) in [6.07, 6.45) is 2.32. The number of anilines is 1. The summed E-state index contributed by atoms with van der Waals surface area (Å²) in [5.74, 6) is -0.455. The summed E-state index contributed by atoms with van der Waals surface area (Å²) in [6, 6.07) is 0. The van der Waals surface area contributed by atoms with Crippen LogP contribution in [0.5, 0.6) is 0 Å². The van der Waals surface area contributed by atoms with E-state index in [-0.39, 0.29) is 11.8 Å². The van der Waals surface area contributed by atoms with E-state index in [1.165, 1.54) is 17.8 Å². The van der Waals surface area contributed by atoms with Crippen LogP contribution in [0, 0.1) is 0 Å². The maximum atomic E-state index is 11.8. The van der Waals surface area contributed by atoms with Gasteiger partial charge in [0, 0.05) is 20.5 Å². The summed E-state index contributed by atoms with van der Waals surface area (Å²) in [4.78, 5) is 22.7. The summed E-state index contributed by atoms with van der Waals surface area (Å²) in [6.45, 7) is 3.96. The van der Waals surface area contributed by atoms with Crippen LogP contribution in [0.25, 0.3) is 0 Å². The topological polar surface area (TPSA) is 76.0 Å². The number of nitrogens with one attached hydrogen (secondary N) is 2. The zero-order valence-corrected chi connectivity index (χ0v) is 9.70. The second kappa shape index (κ2) is 5.29. The lowest BCUT2D eigenvalue weighted by Crippen LogP contribution is -2.27. The standard InChI is InChI=1S/C10H16N4O2/c1-4-5-11-10(16)9-8(13-7(2)15)6-12-14(9)3/h6H,4-5H2,1-3H3,(H,11,16)(H,13,15). The average molecular weight is 224 g/mol. The maximum Gasteiger partial charge on any atom is 0.271 e. The minimum absolute atomic E-state index is 0.224. The molecule has 0 spiro atoms. The molecule has 0 aliphatic heterocycles. The Morgan fingerprint density at radius 3 is 2.75 bits per heavy atom. The first kappa shape index (κ1) is 12.2. The summed E-state index contributed by atoms with van der Waals surface area (Å²) >= 11 is 0.